The second-order valence-electron chi connectivity index (χ2n) is 9.83. The molecule has 5 aliphatic rings. The predicted molar refractivity (Wildman–Crippen MR) is 114 cm³/mol. The van der Waals surface area contributed by atoms with Crippen molar-refractivity contribution in [3.63, 3.8) is 0 Å². The summed E-state index contributed by atoms with van der Waals surface area (Å²) in [5.41, 5.74) is 6.52. The Hall–Kier alpha value is -1.63. The molecule has 5 fully saturated rings. The molecule has 6 rings (SSSR count). The van der Waals surface area contributed by atoms with Gasteiger partial charge < -0.3 is 15.8 Å². The van der Waals surface area contributed by atoms with E-state index in [4.69, 9.17) is 22.1 Å². The van der Waals surface area contributed by atoms with Crippen LogP contribution in [-0.4, -0.2) is 48.6 Å². The Bertz CT molecular complexity index is 831. The largest absolute Gasteiger partial charge is 0.369 e. The molecule has 4 saturated carbocycles. The number of hydrogen-bond donors (Lipinski definition) is 2. The first-order valence-electron chi connectivity index (χ1n) is 11.1. The number of ether oxygens (including phenoxy) is 1. The SMILES string of the molecule is NC(=O)C12CC3CC(C1)C(NC(=O)C1CN(Cc4ccccc4Cl)CCO1)C(C3)C2. The monoisotopic (exact) mass is 431 g/mol. The molecule has 2 amide bonds. The van der Waals surface area contributed by atoms with Gasteiger partial charge >= 0.3 is 0 Å². The van der Waals surface area contributed by atoms with Crippen molar-refractivity contribution in [2.45, 2.75) is 50.8 Å². The molecule has 162 valence electrons. The molecule has 0 spiro atoms. The maximum atomic E-state index is 13.1. The zero-order chi connectivity index (χ0) is 20.9. The summed E-state index contributed by atoms with van der Waals surface area (Å²) < 4.78 is 5.83. The van der Waals surface area contributed by atoms with Crippen LogP contribution in [0.4, 0.5) is 0 Å². The Labute approximate surface area is 182 Å². The van der Waals surface area contributed by atoms with Gasteiger partial charge in [-0.05, 0) is 61.5 Å². The zero-order valence-electron chi connectivity index (χ0n) is 17.2. The van der Waals surface area contributed by atoms with E-state index in [2.05, 4.69) is 10.2 Å². The van der Waals surface area contributed by atoms with Gasteiger partial charge in [0.1, 0.15) is 6.10 Å². The second kappa shape index (κ2) is 7.81. The lowest BCUT2D eigenvalue weighted by Crippen LogP contribution is -2.63. The van der Waals surface area contributed by atoms with Crippen molar-refractivity contribution in [2.24, 2.45) is 28.9 Å². The molecule has 30 heavy (non-hydrogen) atoms. The van der Waals surface area contributed by atoms with Gasteiger partial charge in [0.25, 0.3) is 5.91 Å². The zero-order valence-corrected chi connectivity index (χ0v) is 17.9. The minimum absolute atomic E-state index is 0.0237. The van der Waals surface area contributed by atoms with E-state index in [9.17, 15) is 9.59 Å². The average Bonchev–Trinajstić information content (AvgIpc) is 2.72. The van der Waals surface area contributed by atoms with Crippen molar-refractivity contribution in [2.75, 3.05) is 19.7 Å². The molecule has 0 aromatic heterocycles. The number of halogens is 1. The average molecular weight is 432 g/mol. The van der Waals surface area contributed by atoms with E-state index in [-0.39, 0.29) is 23.3 Å². The van der Waals surface area contributed by atoms with Crippen molar-refractivity contribution in [3.05, 3.63) is 34.9 Å². The number of nitrogens with one attached hydrogen (secondary N) is 1. The minimum Gasteiger partial charge on any atom is -0.369 e. The van der Waals surface area contributed by atoms with E-state index in [0.29, 0.717) is 37.5 Å². The molecule has 0 radical (unpaired) electrons. The van der Waals surface area contributed by atoms with Crippen LogP contribution in [0.15, 0.2) is 24.3 Å². The standard InChI is InChI=1S/C23H30ClN3O3/c24-18-4-2-1-3-15(18)12-27-5-6-30-19(13-27)21(28)26-20-16-7-14-8-17(20)11-23(9-14,10-16)22(25)29/h1-4,14,16-17,19-20H,5-13H2,(H2,25,29)(H,26,28). The summed E-state index contributed by atoms with van der Waals surface area (Å²) in [4.78, 5) is 27.5. The van der Waals surface area contributed by atoms with Crippen molar-refractivity contribution < 1.29 is 14.3 Å². The molecule has 1 aromatic carbocycles. The summed E-state index contributed by atoms with van der Waals surface area (Å²) in [7, 11) is 0. The van der Waals surface area contributed by atoms with E-state index in [1.807, 2.05) is 24.3 Å². The van der Waals surface area contributed by atoms with E-state index < -0.39 is 6.10 Å². The molecule has 1 aromatic rings. The van der Waals surface area contributed by atoms with Crippen LogP contribution in [0.5, 0.6) is 0 Å². The van der Waals surface area contributed by atoms with Gasteiger partial charge in [-0.15, -0.1) is 0 Å². The number of amides is 2. The third kappa shape index (κ3) is 3.63. The van der Waals surface area contributed by atoms with Crippen LogP contribution in [0.25, 0.3) is 0 Å². The van der Waals surface area contributed by atoms with Gasteiger partial charge in [0.05, 0.1) is 6.61 Å². The lowest BCUT2D eigenvalue weighted by Gasteiger charge is -2.59. The summed E-state index contributed by atoms with van der Waals surface area (Å²) in [6, 6.07) is 7.97. The van der Waals surface area contributed by atoms with Crippen LogP contribution in [0.1, 0.15) is 37.7 Å². The van der Waals surface area contributed by atoms with Gasteiger partial charge in [-0.3, -0.25) is 14.5 Å². The van der Waals surface area contributed by atoms with Crippen LogP contribution >= 0.6 is 11.6 Å². The highest BCUT2D eigenvalue weighted by molar-refractivity contribution is 6.31. The van der Waals surface area contributed by atoms with Gasteiger partial charge in [-0.25, -0.2) is 0 Å². The van der Waals surface area contributed by atoms with Gasteiger partial charge in [0.2, 0.25) is 5.91 Å². The number of benzene rings is 1. The molecule has 1 aliphatic heterocycles. The molecule has 1 heterocycles. The van der Waals surface area contributed by atoms with Crippen LogP contribution in [0.3, 0.4) is 0 Å². The molecule has 7 heteroatoms. The third-order valence-electron chi connectivity index (χ3n) is 7.90. The van der Waals surface area contributed by atoms with Crippen LogP contribution in [0, 0.1) is 23.2 Å². The summed E-state index contributed by atoms with van der Waals surface area (Å²) in [6.45, 7) is 2.59. The first-order chi connectivity index (χ1) is 14.4. The van der Waals surface area contributed by atoms with E-state index in [1.165, 1.54) is 0 Å². The Kier molecular flexibility index (Phi) is 5.28. The number of carbonyl (C=O) groups excluding carboxylic acids is 2. The Balaban J connectivity index is 1.22. The summed E-state index contributed by atoms with van der Waals surface area (Å²) in [5, 5.41) is 4.07. The van der Waals surface area contributed by atoms with Crippen LogP contribution in [-0.2, 0) is 20.9 Å². The normalized spacial score (nSPS) is 37.8. The molecule has 1 saturated heterocycles. The Morgan fingerprint density at radius 1 is 1.20 bits per heavy atom. The first-order valence-corrected chi connectivity index (χ1v) is 11.5. The van der Waals surface area contributed by atoms with Crippen molar-refractivity contribution >= 4 is 23.4 Å². The fourth-order valence-electron chi connectivity index (χ4n) is 6.69. The molecule has 4 aliphatic carbocycles. The van der Waals surface area contributed by atoms with E-state index >= 15 is 0 Å². The fraction of sp³-hybridized carbons (Fsp3) is 0.652. The smallest absolute Gasteiger partial charge is 0.250 e. The molecule has 6 nitrogen and oxygen atoms in total. The molecule has 3 atom stereocenters. The Morgan fingerprint density at radius 3 is 2.63 bits per heavy atom. The third-order valence-corrected chi connectivity index (χ3v) is 8.27. The number of rotatable bonds is 5. The number of primary amides is 1. The van der Waals surface area contributed by atoms with Crippen molar-refractivity contribution in [1.82, 2.24) is 10.2 Å². The molecule has 4 bridgehead atoms. The quantitative estimate of drug-likeness (QED) is 0.749. The summed E-state index contributed by atoms with van der Waals surface area (Å²) >= 11 is 6.30. The topological polar surface area (TPSA) is 84.7 Å². The molecular weight excluding hydrogens is 402 g/mol. The maximum Gasteiger partial charge on any atom is 0.250 e. The number of carbonyl (C=O) groups is 2. The highest BCUT2D eigenvalue weighted by atomic mass is 35.5. The van der Waals surface area contributed by atoms with Crippen molar-refractivity contribution in [3.8, 4) is 0 Å². The number of nitrogens with zero attached hydrogens (tertiary/aromatic N) is 1. The first kappa shape index (κ1) is 20.3. The van der Waals surface area contributed by atoms with Gasteiger partial charge in [-0.1, -0.05) is 29.8 Å². The summed E-state index contributed by atoms with van der Waals surface area (Å²) in [5.74, 6) is 1.13. The fourth-order valence-corrected chi connectivity index (χ4v) is 6.89. The maximum absolute atomic E-state index is 13.1. The van der Waals surface area contributed by atoms with Gasteiger partial charge in [-0.2, -0.15) is 0 Å². The number of hydrogen-bond acceptors (Lipinski definition) is 4. The highest BCUT2D eigenvalue weighted by Gasteiger charge is 2.58. The number of nitrogens with two attached hydrogens (primary N) is 1. The molecule has 3 unspecified atom stereocenters. The number of morpholine rings is 1. The lowest BCUT2D eigenvalue weighted by molar-refractivity contribution is -0.151. The van der Waals surface area contributed by atoms with Crippen LogP contribution in [0.2, 0.25) is 5.02 Å². The van der Waals surface area contributed by atoms with E-state index in [1.54, 1.807) is 0 Å². The molecule has 3 N–H and O–H groups in total. The Morgan fingerprint density at radius 2 is 1.93 bits per heavy atom. The van der Waals surface area contributed by atoms with Gasteiger partial charge in [0.15, 0.2) is 0 Å². The molecular formula is C23H30ClN3O3. The minimum atomic E-state index is -0.469. The van der Waals surface area contributed by atoms with Crippen molar-refractivity contribution in [1.29, 1.82) is 0 Å². The van der Waals surface area contributed by atoms with E-state index in [0.717, 1.165) is 49.2 Å². The predicted octanol–water partition coefficient (Wildman–Crippen LogP) is 2.34. The van der Waals surface area contributed by atoms with Gasteiger partial charge in [0, 0.05) is 36.1 Å². The lowest BCUT2D eigenvalue weighted by atomic mass is 9.47. The van der Waals surface area contributed by atoms with Crippen LogP contribution < -0.4 is 11.1 Å². The highest BCUT2D eigenvalue weighted by Crippen LogP contribution is 2.59. The summed E-state index contributed by atoms with van der Waals surface area (Å²) in [6.07, 6.45) is 4.32. The second-order valence-corrected chi connectivity index (χ2v) is 10.2.